The summed E-state index contributed by atoms with van der Waals surface area (Å²) in [7, 11) is 0. The van der Waals surface area contributed by atoms with Gasteiger partial charge >= 0.3 is 6.03 Å². The van der Waals surface area contributed by atoms with Crippen LogP contribution in [0.2, 0.25) is 0 Å². The number of benzene rings is 2. The van der Waals surface area contributed by atoms with E-state index in [-0.39, 0.29) is 24.4 Å². The third-order valence-corrected chi connectivity index (χ3v) is 5.73. The summed E-state index contributed by atoms with van der Waals surface area (Å²) in [5.41, 5.74) is 3.89. The van der Waals surface area contributed by atoms with E-state index in [1.807, 2.05) is 66.9 Å². The lowest BCUT2D eigenvalue weighted by atomic mass is 9.97. The van der Waals surface area contributed by atoms with E-state index < -0.39 is 0 Å². The second-order valence-electron chi connectivity index (χ2n) is 7.00. The molecule has 4 rings (SSSR count). The van der Waals surface area contributed by atoms with Crippen LogP contribution in [-0.4, -0.2) is 30.0 Å². The van der Waals surface area contributed by atoms with Gasteiger partial charge in [0.2, 0.25) is 5.91 Å². The highest BCUT2D eigenvalue weighted by atomic mass is 32.1. The number of hydrogen-bond donors (Lipinski definition) is 2. The van der Waals surface area contributed by atoms with E-state index in [1.165, 1.54) is 16.9 Å². The summed E-state index contributed by atoms with van der Waals surface area (Å²) in [6.45, 7) is 3.26. The van der Waals surface area contributed by atoms with E-state index in [0.717, 1.165) is 11.1 Å². The van der Waals surface area contributed by atoms with E-state index in [4.69, 9.17) is 0 Å². The topological polar surface area (TPSA) is 74.3 Å². The zero-order valence-electron chi connectivity index (χ0n) is 16.1. The van der Waals surface area contributed by atoms with Crippen LogP contribution in [0, 0.1) is 6.92 Å². The smallest absolute Gasteiger partial charge is 0.323 e. The van der Waals surface area contributed by atoms with Gasteiger partial charge in [0.1, 0.15) is 0 Å². The lowest BCUT2D eigenvalue weighted by molar-refractivity contribution is -0.121. The maximum atomic E-state index is 12.8. The van der Waals surface area contributed by atoms with Crippen molar-refractivity contribution >= 4 is 28.4 Å². The molecule has 0 aliphatic carbocycles. The fourth-order valence-electron chi connectivity index (χ4n) is 3.30. The van der Waals surface area contributed by atoms with Gasteiger partial charge in [0, 0.05) is 18.5 Å². The van der Waals surface area contributed by atoms with Crippen molar-refractivity contribution in [2.75, 3.05) is 18.0 Å². The van der Waals surface area contributed by atoms with Gasteiger partial charge in [0.25, 0.3) is 0 Å². The maximum Gasteiger partial charge on any atom is 0.323 e. The van der Waals surface area contributed by atoms with Crippen molar-refractivity contribution in [1.29, 1.82) is 0 Å². The molecule has 7 heteroatoms. The van der Waals surface area contributed by atoms with Crippen molar-refractivity contribution < 1.29 is 9.59 Å². The molecular formula is C22H22N4O2S. The van der Waals surface area contributed by atoms with Crippen LogP contribution in [0.4, 0.5) is 9.93 Å². The second-order valence-corrected chi connectivity index (χ2v) is 7.84. The third kappa shape index (κ3) is 4.46. The van der Waals surface area contributed by atoms with Crippen molar-refractivity contribution in [2.45, 2.75) is 19.4 Å². The molecule has 1 aliphatic rings. The van der Waals surface area contributed by atoms with Crippen LogP contribution in [0.1, 0.15) is 28.4 Å². The van der Waals surface area contributed by atoms with Crippen LogP contribution >= 0.6 is 11.3 Å². The molecule has 1 aliphatic heterocycles. The minimum Gasteiger partial charge on any atom is -0.345 e. The van der Waals surface area contributed by atoms with Crippen LogP contribution in [-0.2, 0) is 11.2 Å². The van der Waals surface area contributed by atoms with Gasteiger partial charge < -0.3 is 10.6 Å². The second kappa shape index (κ2) is 8.45. The predicted octanol–water partition coefficient (Wildman–Crippen LogP) is 3.43. The number of nitrogens with one attached hydrogen (secondary N) is 2. The summed E-state index contributed by atoms with van der Waals surface area (Å²) >= 11 is 1.38. The Labute approximate surface area is 173 Å². The lowest BCUT2D eigenvalue weighted by Gasteiger charge is -2.20. The number of aromatic nitrogens is 1. The van der Waals surface area contributed by atoms with Crippen LogP contribution in [0.15, 0.2) is 60.0 Å². The highest BCUT2D eigenvalue weighted by molar-refractivity contribution is 7.14. The molecule has 0 bridgehead atoms. The van der Waals surface area contributed by atoms with E-state index in [0.29, 0.717) is 23.9 Å². The number of hydrogen-bond acceptors (Lipinski definition) is 4. The number of rotatable bonds is 6. The number of aryl methyl sites for hydroxylation is 1. The quantitative estimate of drug-likeness (QED) is 0.659. The van der Waals surface area contributed by atoms with Gasteiger partial charge in [-0.3, -0.25) is 9.69 Å². The lowest BCUT2D eigenvalue weighted by Crippen LogP contribution is -2.31. The van der Waals surface area contributed by atoms with E-state index >= 15 is 0 Å². The Bertz CT molecular complexity index is 1000. The Kier molecular flexibility index (Phi) is 5.57. The molecule has 0 radical (unpaired) electrons. The molecule has 2 N–H and O–H groups in total. The van der Waals surface area contributed by atoms with Gasteiger partial charge in [-0.15, -0.1) is 11.3 Å². The van der Waals surface area contributed by atoms with Gasteiger partial charge in [-0.1, -0.05) is 60.2 Å². The molecule has 2 heterocycles. The fourth-order valence-corrected chi connectivity index (χ4v) is 4.14. The average molecular weight is 407 g/mol. The summed E-state index contributed by atoms with van der Waals surface area (Å²) in [5.74, 6) is -0.109. The molecule has 2 aromatic carbocycles. The summed E-state index contributed by atoms with van der Waals surface area (Å²) < 4.78 is 0. The largest absolute Gasteiger partial charge is 0.345 e. The van der Waals surface area contributed by atoms with E-state index in [9.17, 15) is 9.59 Å². The van der Waals surface area contributed by atoms with Crippen molar-refractivity contribution in [3.05, 3.63) is 82.4 Å². The van der Waals surface area contributed by atoms with Crippen molar-refractivity contribution in [3.8, 4) is 0 Å². The Morgan fingerprint density at radius 3 is 2.59 bits per heavy atom. The number of thiazole rings is 1. The molecule has 1 unspecified atom stereocenters. The monoisotopic (exact) mass is 406 g/mol. The summed E-state index contributed by atoms with van der Waals surface area (Å²) in [6, 6.07) is 17.7. The maximum absolute atomic E-state index is 12.8. The molecule has 0 saturated carbocycles. The fraction of sp³-hybridized carbons (Fsp3) is 0.227. The van der Waals surface area contributed by atoms with Gasteiger partial charge in [-0.2, -0.15) is 0 Å². The van der Waals surface area contributed by atoms with E-state index in [2.05, 4.69) is 15.6 Å². The van der Waals surface area contributed by atoms with Gasteiger partial charge in [-0.05, 0) is 18.1 Å². The number of nitrogens with zero attached hydrogens (tertiary/aromatic N) is 2. The standard InChI is InChI=1S/C22H22N4O2S/c1-15-7-9-17(10-8-15)20(16-5-3-2-4-6-16)25-19(27)13-18-14-29-22(24-18)26-12-11-23-21(26)28/h2-10,14,20H,11-13H2,1H3,(H,23,28)(H,25,27). The first kappa shape index (κ1) is 19.1. The first-order chi connectivity index (χ1) is 14.1. The highest BCUT2D eigenvalue weighted by Gasteiger charge is 2.24. The zero-order valence-corrected chi connectivity index (χ0v) is 16.9. The number of anilines is 1. The summed E-state index contributed by atoms with van der Waals surface area (Å²) in [4.78, 5) is 30.7. The summed E-state index contributed by atoms with van der Waals surface area (Å²) in [6.07, 6.45) is 0.168. The van der Waals surface area contributed by atoms with Crippen LogP contribution in [0.3, 0.4) is 0 Å². The highest BCUT2D eigenvalue weighted by Crippen LogP contribution is 2.24. The minimum atomic E-state index is -0.230. The number of carbonyl (C=O) groups excluding carboxylic acids is 2. The van der Waals surface area contributed by atoms with Crippen LogP contribution in [0.25, 0.3) is 0 Å². The zero-order chi connectivity index (χ0) is 20.2. The molecule has 1 atom stereocenters. The summed E-state index contributed by atoms with van der Waals surface area (Å²) in [5, 5.41) is 8.36. The molecule has 3 aromatic rings. The molecule has 1 fully saturated rings. The van der Waals surface area contributed by atoms with Gasteiger partial charge in [0.15, 0.2) is 5.13 Å². The van der Waals surface area contributed by atoms with Crippen LogP contribution < -0.4 is 15.5 Å². The third-order valence-electron chi connectivity index (χ3n) is 4.82. The van der Waals surface area contributed by atoms with Crippen molar-refractivity contribution in [2.24, 2.45) is 0 Å². The van der Waals surface area contributed by atoms with Crippen molar-refractivity contribution in [3.63, 3.8) is 0 Å². The first-order valence-corrected chi connectivity index (χ1v) is 10.4. The van der Waals surface area contributed by atoms with E-state index in [1.54, 1.807) is 4.90 Å². The predicted molar refractivity (Wildman–Crippen MR) is 114 cm³/mol. The Morgan fingerprint density at radius 2 is 1.90 bits per heavy atom. The molecule has 6 nitrogen and oxygen atoms in total. The van der Waals surface area contributed by atoms with Gasteiger partial charge in [-0.25, -0.2) is 9.78 Å². The molecule has 29 heavy (non-hydrogen) atoms. The molecule has 1 aromatic heterocycles. The minimum absolute atomic E-state index is 0.109. The molecular weight excluding hydrogens is 384 g/mol. The SMILES string of the molecule is Cc1ccc(C(NC(=O)Cc2csc(N3CCNC3=O)n2)c2ccccc2)cc1. The van der Waals surface area contributed by atoms with Crippen LogP contribution in [0.5, 0.6) is 0 Å². The molecule has 148 valence electrons. The van der Waals surface area contributed by atoms with Gasteiger partial charge in [0.05, 0.1) is 18.2 Å². The molecule has 1 saturated heterocycles. The number of carbonyl (C=O) groups is 2. The first-order valence-electron chi connectivity index (χ1n) is 9.51. The number of amides is 3. The van der Waals surface area contributed by atoms with Crippen molar-refractivity contribution in [1.82, 2.24) is 15.6 Å². The molecule has 3 amide bonds. The number of urea groups is 1. The Hall–Kier alpha value is -3.19. The Balaban J connectivity index is 1.49. The normalized spacial score (nSPS) is 14.5. The average Bonchev–Trinajstić information content (AvgIpc) is 3.36. The Morgan fingerprint density at radius 1 is 1.17 bits per heavy atom. The molecule has 0 spiro atoms.